The third-order valence-electron chi connectivity index (χ3n) is 6.55. The van der Waals surface area contributed by atoms with Gasteiger partial charge in [-0.25, -0.2) is 8.78 Å². The summed E-state index contributed by atoms with van der Waals surface area (Å²) in [7, 11) is 0.00616. The van der Waals surface area contributed by atoms with Gasteiger partial charge in [-0.05, 0) is 43.0 Å². The van der Waals surface area contributed by atoms with Crippen LogP contribution in [0.3, 0.4) is 0 Å². The third-order valence-corrected chi connectivity index (χ3v) is 7.57. The Balaban J connectivity index is 2.14. The van der Waals surface area contributed by atoms with E-state index in [9.17, 15) is 4.79 Å². The van der Waals surface area contributed by atoms with Crippen molar-refractivity contribution >= 4 is 21.2 Å². The second-order valence-electron chi connectivity index (χ2n) is 11.0. The van der Waals surface area contributed by atoms with Gasteiger partial charge in [0.25, 0.3) is 0 Å². The second kappa shape index (κ2) is 11.1. The molecule has 0 bridgehead atoms. The molecule has 3 aromatic carbocycles. The zero-order valence-electron chi connectivity index (χ0n) is 22.8. The Hall–Kier alpha value is -2.87. The van der Waals surface area contributed by atoms with Crippen molar-refractivity contribution < 1.29 is 22.7 Å². The van der Waals surface area contributed by atoms with Gasteiger partial charge in [-0.3, -0.25) is 4.79 Å². The summed E-state index contributed by atoms with van der Waals surface area (Å²) in [4.78, 5) is 14.4. The summed E-state index contributed by atoms with van der Waals surface area (Å²) in [6, 6.07) is 20.7. The molecular weight excluding hydrogens is 500 g/mol. The van der Waals surface area contributed by atoms with Gasteiger partial charge in [-0.1, -0.05) is 81.4 Å². The number of carbonyl (C=O) groups is 1. The van der Waals surface area contributed by atoms with E-state index in [0.29, 0.717) is 18.7 Å². The highest BCUT2D eigenvalue weighted by Gasteiger charge is 2.44. The molecule has 7 heteroatoms. The Bertz CT molecular complexity index is 1230. The van der Waals surface area contributed by atoms with Gasteiger partial charge in [0.05, 0.1) is 23.5 Å². The standard InChI is InChI=1S/C31H35F2NO3Si/c1-20-18-34(19-21(2)36-20)29-26(17-25(22(3)35)27(32)28(29)33)31(37-38-30(4,5)6,23-13-9-7-10-14-23)24-15-11-8-12-16-24/h7-17,20-21H,18-19H2,1-6H3. The van der Waals surface area contributed by atoms with Gasteiger partial charge in [0.15, 0.2) is 17.4 Å². The van der Waals surface area contributed by atoms with Gasteiger partial charge >= 0.3 is 0 Å². The van der Waals surface area contributed by atoms with Gasteiger partial charge in [-0.15, -0.1) is 0 Å². The molecule has 0 aromatic heterocycles. The second-order valence-corrected chi connectivity index (χ2v) is 12.9. The number of halogens is 2. The molecule has 3 aromatic rings. The van der Waals surface area contributed by atoms with E-state index >= 15 is 8.78 Å². The molecule has 0 aliphatic carbocycles. The van der Waals surface area contributed by atoms with Crippen molar-refractivity contribution in [1.82, 2.24) is 0 Å². The van der Waals surface area contributed by atoms with Gasteiger partial charge < -0.3 is 14.1 Å². The van der Waals surface area contributed by atoms with E-state index < -0.39 is 23.0 Å². The molecule has 0 N–H and O–H groups in total. The average molecular weight is 536 g/mol. The molecule has 1 aliphatic heterocycles. The molecule has 2 atom stereocenters. The topological polar surface area (TPSA) is 38.8 Å². The van der Waals surface area contributed by atoms with Crippen molar-refractivity contribution in [2.75, 3.05) is 18.0 Å². The van der Waals surface area contributed by atoms with Crippen LogP contribution in [-0.4, -0.2) is 40.8 Å². The quantitative estimate of drug-likeness (QED) is 0.187. The van der Waals surface area contributed by atoms with Crippen molar-refractivity contribution in [3.63, 3.8) is 0 Å². The zero-order valence-corrected chi connectivity index (χ0v) is 23.8. The molecule has 0 amide bonds. The fraction of sp³-hybridized carbons (Fsp3) is 0.387. The van der Waals surface area contributed by atoms with Crippen molar-refractivity contribution in [1.29, 1.82) is 0 Å². The maximum absolute atomic E-state index is 16.3. The maximum Gasteiger partial charge on any atom is 0.237 e. The molecule has 200 valence electrons. The summed E-state index contributed by atoms with van der Waals surface area (Å²) in [5.74, 6) is -2.74. The number of morpholine rings is 1. The fourth-order valence-corrected chi connectivity index (χ4v) is 5.84. The lowest BCUT2D eigenvalue weighted by Crippen LogP contribution is -2.47. The minimum atomic E-state index is -1.31. The average Bonchev–Trinajstić information content (AvgIpc) is 2.86. The third kappa shape index (κ3) is 5.60. The lowest BCUT2D eigenvalue weighted by atomic mass is 9.78. The number of anilines is 1. The molecule has 0 spiro atoms. The van der Waals surface area contributed by atoms with Gasteiger partial charge in [0.1, 0.15) is 5.60 Å². The molecule has 2 radical (unpaired) electrons. The van der Waals surface area contributed by atoms with Gasteiger partial charge in [0.2, 0.25) is 9.76 Å². The largest absolute Gasteiger partial charge is 0.400 e. The summed E-state index contributed by atoms with van der Waals surface area (Å²) in [6.45, 7) is 12.0. The van der Waals surface area contributed by atoms with E-state index in [4.69, 9.17) is 9.16 Å². The van der Waals surface area contributed by atoms with Gasteiger partial charge in [0, 0.05) is 18.7 Å². The van der Waals surface area contributed by atoms with Crippen LogP contribution < -0.4 is 4.90 Å². The number of rotatable bonds is 7. The molecule has 1 heterocycles. The predicted molar refractivity (Wildman–Crippen MR) is 148 cm³/mol. The van der Waals surface area contributed by atoms with Crippen LogP contribution in [0.4, 0.5) is 14.5 Å². The zero-order chi connectivity index (χ0) is 27.7. The first-order valence-electron chi connectivity index (χ1n) is 12.9. The Morgan fingerprint density at radius 1 is 0.921 bits per heavy atom. The number of ether oxygens (including phenoxy) is 1. The first kappa shape index (κ1) is 28.1. The summed E-state index contributed by atoms with van der Waals surface area (Å²) in [5, 5.41) is -0.209. The van der Waals surface area contributed by atoms with Crippen LogP contribution in [0.2, 0.25) is 5.04 Å². The minimum absolute atomic E-state index is 0.00616. The highest BCUT2D eigenvalue weighted by atomic mass is 28.2. The molecular formula is C31H35F2NO3Si. The molecule has 4 rings (SSSR count). The number of hydrogen-bond donors (Lipinski definition) is 0. The van der Waals surface area contributed by atoms with Gasteiger partial charge in [-0.2, -0.15) is 0 Å². The van der Waals surface area contributed by atoms with Crippen molar-refractivity contribution in [2.24, 2.45) is 0 Å². The minimum Gasteiger partial charge on any atom is -0.400 e. The molecule has 0 saturated carbocycles. The first-order chi connectivity index (χ1) is 17.9. The first-order valence-corrected chi connectivity index (χ1v) is 13.8. The Labute approximate surface area is 226 Å². The number of hydrogen-bond acceptors (Lipinski definition) is 4. The highest BCUT2D eigenvalue weighted by Crippen LogP contribution is 2.48. The lowest BCUT2D eigenvalue weighted by molar-refractivity contribution is -0.00567. The van der Waals surface area contributed by atoms with E-state index in [1.54, 1.807) is 0 Å². The van der Waals surface area contributed by atoms with Crippen LogP contribution in [0.5, 0.6) is 0 Å². The van der Waals surface area contributed by atoms with Crippen LogP contribution in [-0.2, 0) is 14.8 Å². The monoisotopic (exact) mass is 535 g/mol. The number of nitrogens with zero attached hydrogens (tertiary/aromatic N) is 1. The van der Waals surface area contributed by atoms with E-state index in [-0.39, 0.29) is 38.3 Å². The SMILES string of the molecule is CC(=O)c1cc(C(O[Si]C(C)(C)C)(c2ccccc2)c2ccccc2)c(N2CC(C)OC(C)C2)c(F)c1F. The molecule has 4 nitrogen and oxygen atoms in total. The summed E-state index contributed by atoms with van der Waals surface area (Å²) < 4.78 is 44.7. The van der Waals surface area contributed by atoms with Crippen molar-refractivity contribution in [3.8, 4) is 0 Å². The lowest BCUT2D eigenvalue weighted by Gasteiger charge is -2.43. The van der Waals surface area contributed by atoms with Crippen LogP contribution >= 0.6 is 0 Å². The number of carbonyl (C=O) groups excluding carboxylic acids is 1. The van der Waals surface area contributed by atoms with Crippen LogP contribution in [0.15, 0.2) is 66.7 Å². The predicted octanol–water partition coefficient (Wildman–Crippen LogP) is 6.93. The maximum atomic E-state index is 16.3. The Morgan fingerprint density at radius 3 is 1.87 bits per heavy atom. The Kier molecular flexibility index (Phi) is 8.21. The van der Waals surface area contributed by atoms with Crippen molar-refractivity contribution in [2.45, 2.75) is 64.4 Å². The number of ketones is 1. The summed E-state index contributed by atoms with van der Waals surface area (Å²) >= 11 is 0. The molecule has 1 saturated heterocycles. The summed E-state index contributed by atoms with van der Waals surface area (Å²) in [5.41, 5.74) is 0.415. The normalized spacial score (nSPS) is 18.5. The molecule has 2 unspecified atom stereocenters. The number of benzene rings is 3. The smallest absolute Gasteiger partial charge is 0.237 e. The Morgan fingerprint density at radius 2 is 1.42 bits per heavy atom. The molecule has 1 fully saturated rings. The van der Waals surface area contributed by atoms with E-state index in [0.717, 1.165) is 11.1 Å². The fourth-order valence-electron chi connectivity index (χ4n) is 5.04. The van der Waals surface area contributed by atoms with Crippen LogP contribution in [0.1, 0.15) is 68.6 Å². The highest BCUT2D eigenvalue weighted by molar-refractivity contribution is 6.32. The van der Waals surface area contributed by atoms with E-state index in [2.05, 4.69) is 20.8 Å². The van der Waals surface area contributed by atoms with E-state index in [1.807, 2.05) is 79.4 Å². The molecule has 1 aliphatic rings. The van der Waals surface area contributed by atoms with Crippen LogP contribution in [0, 0.1) is 11.6 Å². The van der Waals surface area contributed by atoms with Crippen molar-refractivity contribution in [3.05, 3.63) is 101 Å². The summed E-state index contributed by atoms with van der Waals surface area (Å²) in [6.07, 6.45) is -0.386. The van der Waals surface area contributed by atoms with Crippen LogP contribution in [0.25, 0.3) is 0 Å². The molecule has 38 heavy (non-hydrogen) atoms. The number of Topliss-reactive ketones (excluding diaryl/α,β-unsaturated/α-hetero) is 1. The van der Waals surface area contributed by atoms with E-state index in [1.165, 1.54) is 13.0 Å².